The first-order chi connectivity index (χ1) is 33.5. The third kappa shape index (κ3) is 6.50. The highest BCUT2D eigenvalue weighted by atomic mass is 16.3. The maximum absolute atomic E-state index is 6.81. The van der Waals surface area contributed by atoms with Crippen LogP contribution >= 0.6 is 0 Å². The van der Waals surface area contributed by atoms with Gasteiger partial charge in [-0.05, 0) is 146 Å². The van der Waals surface area contributed by atoms with Crippen molar-refractivity contribution in [1.29, 1.82) is 0 Å². The number of benzene rings is 10. The third-order valence-electron chi connectivity index (χ3n) is 14.2. The lowest BCUT2D eigenvalue weighted by atomic mass is 9.82. The molecule has 13 rings (SSSR count). The predicted octanol–water partition coefficient (Wildman–Crippen LogP) is 18.0. The van der Waals surface area contributed by atoms with Gasteiger partial charge in [-0.2, -0.15) is 0 Å². The van der Waals surface area contributed by atoms with Crippen LogP contribution < -0.4 is 4.90 Å². The molecule has 0 fully saturated rings. The van der Waals surface area contributed by atoms with Gasteiger partial charge in [0.15, 0.2) is 5.58 Å². The van der Waals surface area contributed by atoms with Crippen molar-refractivity contribution in [2.24, 2.45) is 0 Å². The van der Waals surface area contributed by atoms with Gasteiger partial charge in [0.05, 0.1) is 5.52 Å². The minimum absolute atomic E-state index is 0.119. The summed E-state index contributed by atoms with van der Waals surface area (Å²) in [6, 6.07) is 88.0. The highest BCUT2D eigenvalue weighted by Crippen LogP contribution is 2.51. The minimum atomic E-state index is -0.119. The van der Waals surface area contributed by atoms with Crippen molar-refractivity contribution in [1.82, 2.24) is 4.57 Å². The van der Waals surface area contributed by atoms with Crippen LogP contribution in [0.1, 0.15) is 25.0 Å². The van der Waals surface area contributed by atoms with Gasteiger partial charge in [0, 0.05) is 38.9 Å². The second kappa shape index (κ2) is 15.8. The Morgan fingerprint density at radius 2 is 0.868 bits per heavy atom. The lowest BCUT2D eigenvalue weighted by Crippen LogP contribution is -2.16. The molecule has 68 heavy (non-hydrogen) atoms. The van der Waals surface area contributed by atoms with Crippen LogP contribution in [-0.4, -0.2) is 4.57 Å². The smallest absolute Gasteiger partial charge is 0.161 e. The van der Waals surface area contributed by atoms with Crippen LogP contribution in [0, 0.1) is 0 Å². The van der Waals surface area contributed by atoms with E-state index in [0.29, 0.717) is 0 Å². The molecule has 0 spiro atoms. The number of para-hydroxylation sites is 1. The molecule has 2 heterocycles. The van der Waals surface area contributed by atoms with Crippen molar-refractivity contribution in [2.45, 2.75) is 19.3 Å². The Morgan fingerprint density at radius 1 is 0.368 bits per heavy atom. The molecule has 3 nitrogen and oxygen atoms in total. The number of hydrogen-bond donors (Lipinski definition) is 0. The topological polar surface area (TPSA) is 21.3 Å². The number of furan rings is 1. The largest absolute Gasteiger partial charge is 0.454 e. The quantitative estimate of drug-likeness (QED) is 0.152. The van der Waals surface area contributed by atoms with Crippen molar-refractivity contribution in [2.75, 3.05) is 4.90 Å². The third-order valence-corrected chi connectivity index (χ3v) is 14.2. The second-order valence-corrected chi connectivity index (χ2v) is 18.5. The van der Waals surface area contributed by atoms with Gasteiger partial charge in [-0.15, -0.1) is 0 Å². The first-order valence-electron chi connectivity index (χ1n) is 23.5. The normalized spacial score (nSPS) is 12.7. The molecule has 10 aromatic carbocycles. The van der Waals surface area contributed by atoms with Gasteiger partial charge >= 0.3 is 0 Å². The Morgan fingerprint density at radius 3 is 1.51 bits per heavy atom. The van der Waals surface area contributed by atoms with Gasteiger partial charge in [-0.25, -0.2) is 0 Å². The van der Waals surface area contributed by atoms with Gasteiger partial charge < -0.3 is 13.9 Å². The Kier molecular flexibility index (Phi) is 9.19. The summed E-state index contributed by atoms with van der Waals surface area (Å²) in [4.78, 5) is 2.40. The summed E-state index contributed by atoms with van der Waals surface area (Å²) in [6.07, 6.45) is 0. The highest BCUT2D eigenvalue weighted by Gasteiger charge is 2.35. The molecule has 1 aliphatic carbocycles. The van der Waals surface area contributed by atoms with Crippen molar-refractivity contribution in [3.8, 4) is 61.3 Å². The van der Waals surface area contributed by atoms with Gasteiger partial charge in [0.1, 0.15) is 11.1 Å². The number of nitrogens with zero attached hydrogens (tertiary/aromatic N) is 2. The molecule has 0 saturated heterocycles. The summed E-state index contributed by atoms with van der Waals surface area (Å²) in [5.41, 5.74) is 22.9. The average molecular weight is 871 g/mol. The van der Waals surface area contributed by atoms with E-state index in [9.17, 15) is 0 Å². The van der Waals surface area contributed by atoms with Crippen molar-refractivity contribution >= 4 is 50.0 Å². The molecule has 0 aliphatic heterocycles. The average Bonchev–Trinajstić information content (AvgIpc) is 4.01. The molecule has 0 saturated carbocycles. The Hall–Kier alpha value is -8.66. The molecule has 0 unspecified atom stereocenters. The molecular formula is C65H46N2O. The fourth-order valence-corrected chi connectivity index (χ4v) is 10.8. The summed E-state index contributed by atoms with van der Waals surface area (Å²) in [7, 11) is 0. The Bertz CT molecular complexity index is 3790. The molecule has 322 valence electrons. The van der Waals surface area contributed by atoms with Gasteiger partial charge in [0.2, 0.25) is 0 Å². The van der Waals surface area contributed by atoms with Crippen LogP contribution in [0.4, 0.5) is 17.1 Å². The summed E-state index contributed by atoms with van der Waals surface area (Å²) < 4.78 is 9.22. The van der Waals surface area contributed by atoms with E-state index in [1.807, 2.05) is 0 Å². The van der Waals surface area contributed by atoms with Crippen LogP contribution in [0.2, 0.25) is 0 Å². The van der Waals surface area contributed by atoms with E-state index >= 15 is 0 Å². The van der Waals surface area contributed by atoms with Crippen LogP contribution in [0.15, 0.2) is 247 Å². The fourth-order valence-electron chi connectivity index (χ4n) is 10.8. The molecule has 0 amide bonds. The molecular weight excluding hydrogens is 825 g/mol. The van der Waals surface area contributed by atoms with Crippen LogP contribution in [0.25, 0.3) is 94.3 Å². The zero-order valence-corrected chi connectivity index (χ0v) is 37.9. The molecule has 1 aliphatic rings. The van der Waals surface area contributed by atoms with E-state index in [2.05, 4.69) is 266 Å². The minimum Gasteiger partial charge on any atom is -0.454 e. The molecule has 2 aromatic heterocycles. The molecule has 3 heteroatoms. The Balaban J connectivity index is 0.935. The van der Waals surface area contributed by atoms with E-state index in [1.165, 1.54) is 44.5 Å². The maximum Gasteiger partial charge on any atom is 0.161 e. The number of aromatic nitrogens is 1. The van der Waals surface area contributed by atoms with E-state index in [0.717, 1.165) is 78.0 Å². The lowest BCUT2D eigenvalue weighted by Gasteiger charge is -2.28. The van der Waals surface area contributed by atoms with Gasteiger partial charge in [0.25, 0.3) is 0 Å². The van der Waals surface area contributed by atoms with Crippen LogP contribution in [-0.2, 0) is 5.41 Å². The lowest BCUT2D eigenvalue weighted by molar-refractivity contribution is 0.660. The Labute approximate surface area is 396 Å². The number of anilines is 3. The van der Waals surface area contributed by atoms with Crippen LogP contribution in [0.5, 0.6) is 0 Å². The zero-order valence-electron chi connectivity index (χ0n) is 37.9. The summed E-state index contributed by atoms with van der Waals surface area (Å²) in [6.45, 7) is 4.70. The van der Waals surface area contributed by atoms with E-state index in [1.54, 1.807) is 0 Å². The number of fused-ring (bicyclic) bond motifs is 8. The molecule has 0 atom stereocenters. The summed E-state index contributed by atoms with van der Waals surface area (Å²) in [5, 5.41) is 2.16. The highest BCUT2D eigenvalue weighted by molar-refractivity contribution is 6.17. The van der Waals surface area contributed by atoms with E-state index in [-0.39, 0.29) is 5.41 Å². The van der Waals surface area contributed by atoms with Gasteiger partial charge in [-0.1, -0.05) is 178 Å². The molecule has 0 N–H and O–H groups in total. The van der Waals surface area contributed by atoms with Crippen molar-refractivity contribution in [3.05, 3.63) is 254 Å². The molecule has 0 bridgehead atoms. The van der Waals surface area contributed by atoms with E-state index in [4.69, 9.17) is 4.42 Å². The SMILES string of the molecule is CC1(C)c2ccccc2-c2ccc(N(c3ccc(-c4ccccc4)cc3)c3ccc(-c4ccc5c(c4)c4oc6ccccc6c4n5-c4cc(-c5ccccc5)cc(-c5ccccc5)c4)cc3)cc21. The fraction of sp³-hybridized carbons (Fsp3) is 0.0462. The first-order valence-corrected chi connectivity index (χ1v) is 23.5. The summed E-state index contributed by atoms with van der Waals surface area (Å²) in [5.74, 6) is 0. The molecule has 12 aromatic rings. The monoisotopic (exact) mass is 870 g/mol. The number of hydrogen-bond acceptors (Lipinski definition) is 2. The second-order valence-electron chi connectivity index (χ2n) is 18.5. The standard InChI is InChI=1S/C65H46N2O/c1-65(2)59-24-14-12-22-55(59)56-36-35-53(42-60(56)65)66(51-31-26-46(27-32-51)43-16-6-3-7-17-43)52-33-28-47(29-34-52)48-30-37-61-58(41-48)64-63(57-23-13-15-25-62(57)68-64)67(61)54-39-49(44-18-8-4-9-19-44)38-50(40-54)45-20-10-5-11-21-45/h3-42H,1-2H3. The summed E-state index contributed by atoms with van der Waals surface area (Å²) >= 11 is 0. The zero-order chi connectivity index (χ0) is 45.3. The maximum atomic E-state index is 6.81. The van der Waals surface area contributed by atoms with Gasteiger partial charge in [-0.3, -0.25) is 0 Å². The van der Waals surface area contributed by atoms with Crippen molar-refractivity contribution < 1.29 is 4.42 Å². The van der Waals surface area contributed by atoms with Crippen molar-refractivity contribution in [3.63, 3.8) is 0 Å². The van der Waals surface area contributed by atoms with Crippen LogP contribution in [0.3, 0.4) is 0 Å². The number of rotatable bonds is 8. The molecule has 0 radical (unpaired) electrons. The predicted molar refractivity (Wildman–Crippen MR) is 285 cm³/mol. The first kappa shape index (κ1) is 39.7. The van der Waals surface area contributed by atoms with E-state index < -0.39 is 0 Å².